The summed E-state index contributed by atoms with van der Waals surface area (Å²) in [5, 5.41) is 10.4. The van der Waals surface area contributed by atoms with Gasteiger partial charge in [-0.2, -0.15) is 5.10 Å². The first-order valence-corrected chi connectivity index (χ1v) is 9.95. The van der Waals surface area contributed by atoms with E-state index in [0.717, 1.165) is 32.2 Å². The number of nitrogens with one attached hydrogen (secondary N) is 3. The van der Waals surface area contributed by atoms with Gasteiger partial charge in [-0.05, 0) is 43.7 Å². The van der Waals surface area contributed by atoms with Crippen LogP contribution in [0.5, 0.6) is 0 Å². The third-order valence-corrected chi connectivity index (χ3v) is 4.52. The normalized spacial score (nSPS) is 17.2. The summed E-state index contributed by atoms with van der Waals surface area (Å²) >= 11 is 0. The van der Waals surface area contributed by atoms with Crippen LogP contribution in [0.1, 0.15) is 29.4 Å². The minimum Gasteiger partial charge on any atom is -0.321 e. The van der Waals surface area contributed by atoms with Gasteiger partial charge in [0.1, 0.15) is 0 Å². The highest BCUT2D eigenvalue weighted by molar-refractivity contribution is 7.92. The van der Waals surface area contributed by atoms with Crippen LogP contribution in [0.25, 0.3) is 0 Å². The summed E-state index contributed by atoms with van der Waals surface area (Å²) in [6.07, 6.45) is 5.01. The number of carbonyl (C=O) groups is 1. The van der Waals surface area contributed by atoms with Crippen molar-refractivity contribution in [1.29, 1.82) is 0 Å². The van der Waals surface area contributed by atoms with E-state index < -0.39 is 10.0 Å². The van der Waals surface area contributed by atoms with Crippen LogP contribution in [0.15, 0.2) is 36.5 Å². The molecule has 0 saturated carbocycles. The Hall–Kier alpha value is -2.10. The Labute approximate surface area is 158 Å². The molecule has 1 unspecified atom stereocenters. The second kappa shape index (κ2) is 8.52. The fraction of sp³-hybridized carbons (Fsp3) is 0.375. The molecule has 1 aromatic carbocycles. The molecular formula is C16H22ClN5O3S. The number of nitrogens with zero attached hydrogens (tertiary/aromatic N) is 2. The van der Waals surface area contributed by atoms with Crippen molar-refractivity contribution in [2.75, 3.05) is 29.4 Å². The molecule has 1 aromatic heterocycles. The van der Waals surface area contributed by atoms with E-state index in [4.69, 9.17) is 0 Å². The second-order valence-corrected chi connectivity index (χ2v) is 7.84. The zero-order valence-electron chi connectivity index (χ0n) is 14.3. The van der Waals surface area contributed by atoms with Crippen LogP contribution >= 0.6 is 12.4 Å². The quantitative estimate of drug-likeness (QED) is 0.711. The Bertz CT molecular complexity index is 862. The number of carbonyl (C=O) groups excluding carboxylic acids is 1. The fourth-order valence-electron chi connectivity index (χ4n) is 2.79. The number of sulfonamides is 1. The van der Waals surface area contributed by atoms with Crippen molar-refractivity contribution in [3.63, 3.8) is 0 Å². The monoisotopic (exact) mass is 399 g/mol. The first kappa shape index (κ1) is 20.2. The van der Waals surface area contributed by atoms with Gasteiger partial charge >= 0.3 is 0 Å². The molecule has 2 aromatic rings. The summed E-state index contributed by atoms with van der Waals surface area (Å²) in [7, 11) is -3.37. The van der Waals surface area contributed by atoms with Crippen molar-refractivity contribution in [3.8, 4) is 0 Å². The smallest absolute Gasteiger partial charge is 0.276 e. The fourth-order valence-corrected chi connectivity index (χ4v) is 3.35. The predicted octanol–water partition coefficient (Wildman–Crippen LogP) is 1.85. The number of aromatic nitrogens is 2. The Morgan fingerprint density at radius 1 is 1.31 bits per heavy atom. The molecule has 26 heavy (non-hydrogen) atoms. The van der Waals surface area contributed by atoms with E-state index in [9.17, 15) is 13.2 Å². The second-order valence-electron chi connectivity index (χ2n) is 6.09. The molecular weight excluding hydrogens is 378 g/mol. The van der Waals surface area contributed by atoms with Crippen LogP contribution in [0, 0.1) is 0 Å². The van der Waals surface area contributed by atoms with Gasteiger partial charge < -0.3 is 10.6 Å². The summed E-state index contributed by atoms with van der Waals surface area (Å²) in [6, 6.07) is 8.46. The number of piperidine rings is 1. The number of anilines is 2. The van der Waals surface area contributed by atoms with Crippen LogP contribution < -0.4 is 15.4 Å². The maximum Gasteiger partial charge on any atom is 0.276 e. The predicted molar refractivity (Wildman–Crippen MR) is 103 cm³/mol. The summed E-state index contributed by atoms with van der Waals surface area (Å²) in [5.74, 6) is -0.334. The van der Waals surface area contributed by atoms with Gasteiger partial charge in [-0.1, -0.05) is 6.07 Å². The van der Waals surface area contributed by atoms with Gasteiger partial charge in [-0.15, -0.1) is 12.4 Å². The van der Waals surface area contributed by atoms with Crippen LogP contribution in [0.3, 0.4) is 0 Å². The number of hydrogen-bond donors (Lipinski definition) is 3. The molecule has 3 rings (SSSR count). The minimum absolute atomic E-state index is 0. The summed E-state index contributed by atoms with van der Waals surface area (Å²) < 4.78 is 26.8. The largest absolute Gasteiger partial charge is 0.321 e. The van der Waals surface area contributed by atoms with Crippen LogP contribution in [0.4, 0.5) is 11.4 Å². The van der Waals surface area contributed by atoms with Gasteiger partial charge in [0, 0.05) is 18.4 Å². The molecule has 0 spiro atoms. The topological polar surface area (TPSA) is 105 Å². The van der Waals surface area contributed by atoms with Crippen molar-refractivity contribution in [1.82, 2.24) is 15.1 Å². The Morgan fingerprint density at radius 3 is 2.77 bits per heavy atom. The lowest BCUT2D eigenvalue weighted by molar-refractivity contribution is 0.102. The van der Waals surface area contributed by atoms with E-state index >= 15 is 0 Å². The Balaban J connectivity index is 0.00000243. The third-order valence-electron chi connectivity index (χ3n) is 3.91. The highest BCUT2D eigenvalue weighted by atomic mass is 35.5. The average molecular weight is 400 g/mol. The van der Waals surface area contributed by atoms with Crippen LogP contribution in [-0.4, -0.2) is 43.5 Å². The molecule has 0 bridgehead atoms. The van der Waals surface area contributed by atoms with Crippen molar-refractivity contribution >= 4 is 39.7 Å². The van der Waals surface area contributed by atoms with Gasteiger partial charge in [0.15, 0.2) is 5.69 Å². The molecule has 10 heteroatoms. The van der Waals surface area contributed by atoms with E-state index in [1.54, 1.807) is 30.3 Å². The van der Waals surface area contributed by atoms with Crippen molar-refractivity contribution < 1.29 is 13.2 Å². The molecule has 142 valence electrons. The molecule has 8 nitrogen and oxygen atoms in total. The molecule has 1 aliphatic heterocycles. The molecule has 1 fully saturated rings. The zero-order valence-corrected chi connectivity index (χ0v) is 15.9. The van der Waals surface area contributed by atoms with Gasteiger partial charge in [-0.3, -0.25) is 14.2 Å². The molecule has 1 amide bonds. The summed E-state index contributed by atoms with van der Waals surface area (Å²) in [4.78, 5) is 12.4. The SMILES string of the molecule is CS(=O)(=O)Nc1cccc(NC(=O)c2ccn(C3CCCNC3)n2)c1.Cl. The number of hydrogen-bond acceptors (Lipinski definition) is 5. The molecule has 2 heterocycles. The lowest BCUT2D eigenvalue weighted by Crippen LogP contribution is -2.32. The van der Waals surface area contributed by atoms with E-state index in [-0.39, 0.29) is 24.4 Å². The maximum atomic E-state index is 12.4. The lowest BCUT2D eigenvalue weighted by Gasteiger charge is -2.22. The minimum atomic E-state index is -3.37. The number of benzene rings is 1. The average Bonchev–Trinajstić information content (AvgIpc) is 3.04. The summed E-state index contributed by atoms with van der Waals surface area (Å²) in [5.41, 5.74) is 1.21. The van der Waals surface area contributed by atoms with E-state index in [1.807, 2.05) is 10.9 Å². The Morgan fingerprint density at radius 2 is 2.08 bits per heavy atom. The summed E-state index contributed by atoms with van der Waals surface area (Å²) in [6.45, 7) is 1.87. The van der Waals surface area contributed by atoms with Gasteiger partial charge in [-0.25, -0.2) is 8.42 Å². The highest BCUT2D eigenvalue weighted by Gasteiger charge is 2.17. The van der Waals surface area contributed by atoms with Gasteiger partial charge in [0.2, 0.25) is 10.0 Å². The third kappa shape index (κ3) is 5.45. The van der Waals surface area contributed by atoms with Crippen molar-refractivity contribution in [2.24, 2.45) is 0 Å². The van der Waals surface area contributed by atoms with Crippen molar-refractivity contribution in [3.05, 3.63) is 42.2 Å². The molecule has 3 N–H and O–H groups in total. The number of amides is 1. The van der Waals surface area contributed by atoms with Gasteiger partial charge in [0.05, 0.1) is 18.0 Å². The number of rotatable bonds is 5. The molecule has 0 aliphatic carbocycles. The van der Waals surface area contributed by atoms with E-state index in [1.165, 1.54) is 0 Å². The van der Waals surface area contributed by atoms with Crippen LogP contribution in [-0.2, 0) is 10.0 Å². The molecule has 0 radical (unpaired) electrons. The molecule has 1 saturated heterocycles. The standard InChI is InChI=1S/C16H21N5O3S.ClH/c1-25(23,24)20-13-5-2-4-12(10-13)18-16(22)15-7-9-21(19-15)14-6-3-8-17-11-14;/h2,4-5,7,9-10,14,17,20H,3,6,8,11H2,1H3,(H,18,22);1H. The van der Waals surface area contributed by atoms with Crippen molar-refractivity contribution in [2.45, 2.75) is 18.9 Å². The lowest BCUT2D eigenvalue weighted by atomic mass is 10.1. The zero-order chi connectivity index (χ0) is 17.9. The van der Waals surface area contributed by atoms with Gasteiger partial charge in [0.25, 0.3) is 5.91 Å². The maximum absolute atomic E-state index is 12.4. The van der Waals surface area contributed by atoms with E-state index in [2.05, 4.69) is 20.5 Å². The molecule has 1 atom stereocenters. The Kier molecular flexibility index (Phi) is 6.63. The first-order chi connectivity index (χ1) is 11.9. The van der Waals surface area contributed by atoms with E-state index in [0.29, 0.717) is 17.1 Å². The molecule has 1 aliphatic rings. The number of halogens is 1. The van der Waals surface area contributed by atoms with Crippen LogP contribution in [0.2, 0.25) is 0 Å². The first-order valence-electron chi connectivity index (χ1n) is 8.06. The highest BCUT2D eigenvalue weighted by Crippen LogP contribution is 2.18.